The van der Waals surface area contributed by atoms with Gasteiger partial charge in [0.25, 0.3) is 6.43 Å². The van der Waals surface area contributed by atoms with Crippen molar-refractivity contribution in [3.05, 3.63) is 18.3 Å². The van der Waals surface area contributed by atoms with E-state index in [4.69, 9.17) is 4.74 Å². The van der Waals surface area contributed by atoms with Gasteiger partial charge < -0.3 is 15.0 Å². The Labute approximate surface area is 168 Å². The number of aromatic amines is 1. The number of nitrogens with zero attached hydrogens (tertiary/aromatic N) is 6. The minimum atomic E-state index is -2.58. The van der Waals surface area contributed by atoms with Crippen molar-refractivity contribution in [3.8, 4) is 17.1 Å². The highest BCUT2D eigenvalue weighted by atomic mass is 19.3. The van der Waals surface area contributed by atoms with Crippen molar-refractivity contribution in [2.45, 2.75) is 32.5 Å². The molecule has 0 saturated heterocycles. The summed E-state index contributed by atoms with van der Waals surface area (Å²) in [5.41, 5.74) is 0.761. The van der Waals surface area contributed by atoms with Crippen molar-refractivity contribution in [1.29, 1.82) is 0 Å². The van der Waals surface area contributed by atoms with E-state index >= 15 is 0 Å². The molecule has 2 N–H and O–H groups in total. The van der Waals surface area contributed by atoms with E-state index in [2.05, 4.69) is 35.6 Å². The van der Waals surface area contributed by atoms with Crippen LogP contribution >= 0.6 is 0 Å². The number of aromatic nitrogens is 7. The van der Waals surface area contributed by atoms with Gasteiger partial charge in [0.15, 0.2) is 5.65 Å². The summed E-state index contributed by atoms with van der Waals surface area (Å²) in [6.45, 7) is 2.30. The van der Waals surface area contributed by atoms with Crippen molar-refractivity contribution >= 4 is 28.1 Å². The number of hydrogen-bond donors (Lipinski definition) is 2. The molecule has 4 aromatic rings. The molecule has 0 aliphatic carbocycles. The van der Waals surface area contributed by atoms with E-state index in [9.17, 15) is 13.2 Å². The number of methoxy groups -OCH3 is 1. The van der Waals surface area contributed by atoms with E-state index in [1.165, 1.54) is 21.0 Å². The maximum absolute atomic E-state index is 13.8. The minimum Gasteiger partial charge on any atom is -0.480 e. The zero-order valence-electron chi connectivity index (χ0n) is 16.4. The molecule has 0 amide bonds. The first-order chi connectivity index (χ1) is 14.2. The van der Waals surface area contributed by atoms with Crippen LogP contribution in [0.25, 0.3) is 33.5 Å². The molecule has 0 bridgehead atoms. The quantitative estimate of drug-likeness (QED) is 0.473. The Balaban J connectivity index is 1.77. The molecule has 0 atom stereocenters. The van der Waals surface area contributed by atoms with Crippen molar-refractivity contribution in [1.82, 2.24) is 34.9 Å². The van der Waals surface area contributed by atoms with Crippen molar-refractivity contribution in [2.24, 2.45) is 0 Å². The fourth-order valence-corrected chi connectivity index (χ4v) is 2.98. The first-order valence-electron chi connectivity index (χ1n) is 9.10. The second kappa shape index (κ2) is 7.43. The van der Waals surface area contributed by atoms with Crippen molar-refractivity contribution in [2.75, 3.05) is 19.0 Å². The van der Waals surface area contributed by atoms with E-state index < -0.39 is 18.6 Å². The lowest BCUT2D eigenvalue weighted by molar-refractivity contribution is 0.122. The standard InChI is InChI=1S/C18H19F3N8O/c1-18(2,21)8-23-17-25-14-13(16(26-17)30-3)9(6-22-14)10-4-5-11-15(24-10)29(28-27-11)7-12(19)20/h4-6,12H,7-8H2,1-3H3,(H2,22,23,25,26). The maximum atomic E-state index is 13.8. The van der Waals surface area contributed by atoms with E-state index in [1.807, 2.05) is 0 Å². The molecule has 0 radical (unpaired) electrons. The van der Waals surface area contributed by atoms with Gasteiger partial charge in [0.2, 0.25) is 11.8 Å². The smallest absolute Gasteiger partial charge is 0.258 e. The Morgan fingerprint density at radius 3 is 2.73 bits per heavy atom. The highest BCUT2D eigenvalue weighted by Gasteiger charge is 2.20. The van der Waals surface area contributed by atoms with Crippen LogP contribution in [-0.2, 0) is 6.54 Å². The summed E-state index contributed by atoms with van der Waals surface area (Å²) in [4.78, 5) is 16.1. The monoisotopic (exact) mass is 420 g/mol. The van der Waals surface area contributed by atoms with Crippen LogP contribution in [0.5, 0.6) is 5.88 Å². The summed E-state index contributed by atoms with van der Waals surface area (Å²) in [5, 5.41) is 11.0. The van der Waals surface area contributed by atoms with Gasteiger partial charge in [-0.25, -0.2) is 22.8 Å². The predicted octanol–water partition coefficient (Wildman–Crippen LogP) is 3.20. The van der Waals surface area contributed by atoms with Gasteiger partial charge >= 0.3 is 0 Å². The van der Waals surface area contributed by atoms with Crippen LogP contribution < -0.4 is 10.1 Å². The van der Waals surface area contributed by atoms with Crippen LogP contribution in [0.15, 0.2) is 18.3 Å². The highest BCUT2D eigenvalue weighted by Crippen LogP contribution is 2.34. The molecule has 0 spiro atoms. The lowest BCUT2D eigenvalue weighted by atomic mass is 10.1. The summed E-state index contributed by atoms with van der Waals surface area (Å²) in [6.07, 6.45) is -0.915. The number of pyridine rings is 1. The van der Waals surface area contributed by atoms with Crippen LogP contribution in [0.4, 0.5) is 19.1 Å². The average molecular weight is 420 g/mol. The summed E-state index contributed by atoms with van der Waals surface area (Å²) in [7, 11) is 1.46. The van der Waals surface area contributed by atoms with Crippen molar-refractivity contribution in [3.63, 3.8) is 0 Å². The molecule has 9 nitrogen and oxygen atoms in total. The summed E-state index contributed by atoms with van der Waals surface area (Å²) in [6, 6.07) is 3.35. The number of alkyl halides is 3. The molecule has 0 aliphatic heterocycles. The lowest BCUT2D eigenvalue weighted by Crippen LogP contribution is -2.25. The number of anilines is 1. The van der Waals surface area contributed by atoms with Gasteiger partial charge in [-0.1, -0.05) is 5.21 Å². The predicted molar refractivity (Wildman–Crippen MR) is 104 cm³/mol. The number of rotatable bonds is 7. The topological polar surface area (TPSA) is 106 Å². The zero-order chi connectivity index (χ0) is 21.5. The number of H-pyrrole nitrogens is 1. The Bertz CT molecular complexity index is 1200. The van der Waals surface area contributed by atoms with E-state index in [1.54, 1.807) is 18.3 Å². The number of hydrogen-bond acceptors (Lipinski definition) is 7. The van der Waals surface area contributed by atoms with Gasteiger partial charge in [0.1, 0.15) is 23.4 Å². The molecule has 4 heterocycles. The van der Waals surface area contributed by atoms with Gasteiger partial charge in [-0.2, -0.15) is 9.97 Å². The third-order valence-corrected chi connectivity index (χ3v) is 4.30. The second-order valence-electron chi connectivity index (χ2n) is 7.26. The normalized spacial score (nSPS) is 12.2. The molecule has 4 aromatic heterocycles. The largest absolute Gasteiger partial charge is 0.480 e. The molecular weight excluding hydrogens is 401 g/mol. The maximum Gasteiger partial charge on any atom is 0.258 e. The van der Waals surface area contributed by atoms with Crippen molar-refractivity contribution < 1.29 is 17.9 Å². The first kappa shape index (κ1) is 19.9. The molecular formula is C18H19F3N8O. The molecule has 0 fully saturated rings. The Kier molecular flexibility index (Phi) is 4.92. The molecule has 0 saturated carbocycles. The van der Waals surface area contributed by atoms with Crippen LogP contribution in [0, 0.1) is 0 Å². The third kappa shape index (κ3) is 3.84. The Morgan fingerprint density at radius 1 is 1.23 bits per heavy atom. The molecule has 12 heteroatoms. The zero-order valence-corrected chi connectivity index (χ0v) is 16.4. The van der Waals surface area contributed by atoms with Crippen LogP contribution in [0.2, 0.25) is 0 Å². The van der Waals surface area contributed by atoms with Gasteiger partial charge in [-0.3, -0.25) is 0 Å². The van der Waals surface area contributed by atoms with E-state index in [0.29, 0.717) is 27.8 Å². The molecule has 0 aliphatic rings. The molecule has 30 heavy (non-hydrogen) atoms. The molecule has 158 valence electrons. The van der Waals surface area contributed by atoms with Gasteiger partial charge in [0, 0.05) is 11.8 Å². The summed E-state index contributed by atoms with van der Waals surface area (Å²) in [5.74, 6) is 0.470. The van der Waals surface area contributed by atoms with Crippen LogP contribution in [0.3, 0.4) is 0 Å². The second-order valence-corrected chi connectivity index (χ2v) is 7.26. The first-order valence-corrected chi connectivity index (χ1v) is 9.10. The average Bonchev–Trinajstić information content (AvgIpc) is 3.28. The number of halogens is 3. The Morgan fingerprint density at radius 2 is 2.03 bits per heavy atom. The van der Waals surface area contributed by atoms with E-state index in [0.717, 1.165) is 4.68 Å². The Hall–Kier alpha value is -3.44. The number of fused-ring (bicyclic) bond motifs is 2. The van der Waals surface area contributed by atoms with E-state index in [-0.39, 0.29) is 24.0 Å². The molecule has 4 rings (SSSR count). The summed E-state index contributed by atoms with van der Waals surface area (Å²) >= 11 is 0. The lowest BCUT2D eigenvalue weighted by Gasteiger charge is -2.15. The fourth-order valence-electron chi connectivity index (χ4n) is 2.98. The van der Waals surface area contributed by atoms with Gasteiger partial charge in [-0.05, 0) is 26.0 Å². The number of ether oxygens (including phenoxy) is 1. The molecule has 0 unspecified atom stereocenters. The number of nitrogens with one attached hydrogen (secondary N) is 2. The fraction of sp³-hybridized carbons (Fsp3) is 0.389. The van der Waals surface area contributed by atoms with Gasteiger partial charge in [-0.15, -0.1) is 5.10 Å². The minimum absolute atomic E-state index is 0.0224. The third-order valence-electron chi connectivity index (χ3n) is 4.30. The molecule has 0 aromatic carbocycles. The van der Waals surface area contributed by atoms with Crippen LogP contribution in [0.1, 0.15) is 13.8 Å². The van der Waals surface area contributed by atoms with Gasteiger partial charge in [0.05, 0.1) is 24.7 Å². The summed E-state index contributed by atoms with van der Waals surface area (Å²) < 4.78 is 45.8. The SMILES string of the molecule is COc1nc(NCC(C)(C)F)nc2[nH]cc(-c3ccc4nnn(CC(F)F)c4n3)c12. The van der Waals surface area contributed by atoms with Crippen LogP contribution in [-0.4, -0.2) is 60.7 Å². The highest BCUT2D eigenvalue weighted by molar-refractivity contribution is 5.97.